The number of anilines is 1. The highest BCUT2D eigenvalue weighted by molar-refractivity contribution is 5.92. The lowest BCUT2D eigenvalue weighted by molar-refractivity contribution is 0.0667. The predicted molar refractivity (Wildman–Crippen MR) is 82.5 cm³/mol. The van der Waals surface area contributed by atoms with E-state index in [1.165, 1.54) is 6.33 Å². The summed E-state index contributed by atoms with van der Waals surface area (Å²) in [7, 11) is 1.85. The number of nitrogens with one attached hydrogen (secondary N) is 2. The Balaban J connectivity index is 1.67. The van der Waals surface area contributed by atoms with Gasteiger partial charge in [-0.15, -0.1) is 0 Å². The molecule has 7 nitrogen and oxygen atoms in total. The first-order valence-corrected chi connectivity index (χ1v) is 7.53. The van der Waals surface area contributed by atoms with E-state index in [0.29, 0.717) is 11.6 Å². The molecule has 0 aliphatic carbocycles. The molecular weight excluding hydrogens is 280 g/mol. The zero-order valence-corrected chi connectivity index (χ0v) is 12.6. The molecule has 0 radical (unpaired) electrons. The second-order valence-corrected chi connectivity index (χ2v) is 5.53. The van der Waals surface area contributed by atoms with Crippen LogP contribution in [0.15, 0.2) is 24.9 Å². The highest BCUT2D eigenvalue weighted by Gasteiger charge is 2.26. The Kier molecular flexibility index (Phi) is 4.32. The Bertz CT molecular complexity index is 627. The van der Waals surface area contributed by atoms with Crippen molar-refractivity contribution in [1.29, 1.82) is 0 Å². The number of rotatable bonds is 4. The minimum absolute atomic E-state index is 0.0233. The standard InChI is InChI=1S/C15H20N6O/c1-16-14-12(18-4-5-19-14)7-11-3-2-6-21(9-11)15(22)13-8-17-10-20-13/h4-5,8,10-11H,2-3,6-7,9H2,1H3,(H,16,19)(H,17,20)/t11-/m0/s1. The Labute approximate surface area is 129 Å². The molecule has 116 valence electrons. The van der Waals surface area contributed by atoms with Crippen LogP contribution in [-0.4, -0.2) is 50.9 Å². The third-order valence-electron chi connectivity index (χ3n) is 4.03. The van der Waals surface area contributed by atoms with E-state index in [1.54, 1.807) is 18.6 Å². The van der Waals surface area contributed by atoms with Gasteiger partial charge in [0.1, 0.15) is 11.5 Å². The molecule has 7 heteroatoms. The van der Waals surface area contributed by atoms with E-state index in [0.717, 1.165) is 43.9 Å². The van der Waals surface area contributed by atoms with Gasteiger partial charge in [0.15, 0.2) is 0 Å². The van der Waals surface area contributed by atoms with Crippen LogP contribution in [0.3, 0.4) is 0 Å². The van der Waals surface area contributed by atoms with E-state index < -0.39 is 0 Å². The van der Waals surface area contributed by atoms with Gasteiger partial charge in [0.2, 0.25) is 0 Å². The lowest BCUT2D eigenvalue weighted by atomic mass is 9.93. The summed E-state index contributed by atoms with van der Waals surface area (Å²) in [6.07, 6.45) is 9.46. The summed E-state index contributed by atoms with van der Waals surface area (Å²) in [5, 5.41) is 3.07. The summed E-state index contributed by atoms with van der Waals surface area (Å²) >= 11 is 0. The van der Waals surface area contributed by atoms with Crippen LogP contribution in [0.2, 0.25) is 0 Å². The van der Waals surface area contributed by atoms with Crippen molar-refractivity contribution < 1.29 is 4.79 Å². The second-order valence-electron chi connectivity index (χ2n) is 5.53. The van der Waals surface area contributed by atoms with Crippen LogP contribution in [0.1, 0.15) is 29.0 Å². The molecule has 0 unspecified atom stereocenters. The third kappa shape index (κ3) is 3.08. The van der Waals surface area contributed by atoms with Crippen molar-refractivity contribution in [2.45, 2.75) is 19.3 Å². The van der Waals surface area contributed by atoms with E-state index in [2.05, 4.69) is 25.3 Å². The first-order valence-electron chi connectivity index (χ1n) is 7.53. The number of hydrogen-bond donors (Lipinski definition) is 2. The third-order valence-corrected chi connectivity index (χ3v) is 4.03. The molecule has 1 aliphatic rings. The summed E-state index contributed by atoms with van der Waals surface area (Å²) in [6, 6.07) is 0. The van der Waals surface area contributed by atoms with Crippen LogP contribution >= 0.6 is 0 Å². The average molecular weight is 300 g/mol. The molecule has 2 N–H and O–H groups in total. The number of H-pyrrole nitrogens is 1. The van der Waals surface area contributed by atoms with Crippen molar-refractivity contribution in [3.05, 3.63) is 36.3 Å². The number of aromatic nitrogens is 4. The van der Waals surface area contributed by atoms with Crippen molar-refractivity contribution in [2.75, 3.05) is 25.5 Å². The van der Waals surface area contributed by atoms with Gasteiger partial charge < -0.3 is 15.2 Å². The monoisotopic (exact) mass is 300 g/mol. The molecule has 1 atom stereocenters. The fourth-order valence-corrected chi connectivity index (χ4v) is 2.96. The number of carbonyl (C=O) groups is 1. The number of carbonyl (C=O) groups excluding carboxylic acids is 1. The molecule has 22 heavy (non-hydrogen) atoms. The number of amides is 1. The van der Waals surface area contributed by atoms with Crippen LogP contribution in [0.5, 0.6) is 0 Å². The number of piperidine rings is 1. The van der Waals surface area contributed by atoms with E-state index >= 15 is 0 Å². The Morgan fingerprint density at radius 2 is 2.32 bits per heavy atom. The summed E-state index contributed by atoms with van der Waals surface area (Å²) in [5.74, 6) is 1.25. The highest BCUT2D eigenvalue weighted by atomic mass is 16.2. The maximum atomic E-state index is 12.4. The van der Waals surface area contributed by atoms with Crippen LogP contribution < -0.4 is 5.32 Å². The Morgan fingerprint density at radius 1 is 1.45 bits per heavy atom. The quantitative estimate of drug-likeness (QED) is 0.889. The maximum Gasteiger partial charge on any atom is 0.271 e. The second kappa shape index (κ2) is 6.55. The zero-order chi connectivity index (χ0) is 15.4. The predicted octanol–water partition coefficient (Wildman–Crippen LogP) is 1.34. The molecule has 1 aliphatic heterocycles. The fourth-order valence-electron chi connectivity index (χ4n) is 2.96. The number of imidazole rings is 1. The van der Waals surface area contributed by atoms with Crippen LogP contribution in [0.25, 0.3) is 0 Å². The maximum absolute atomic E-state index is 12.4. The number of nitrogens with zero attached hydrogens (tertiary/aromatic N) is 4. The van der Waals surface area contributed by atoms with Gasteiger partial charge in [-0.3, -0.25) is 9.78 Å². The normalized spacial score (nSPS) is 18.2. The summed E-state index contributed by atoms with van der Waals surface area (Å²) in [4.78, 5) is 29.8. The van der Waals surface area contributed by atoms with Gasteiger partial charge in [-0.05, 0) is 25.2 Å². The molecule has 0 aromatic carbocycles. The highest BCUT2D eigenvalue weighted by Crippen LogP contribution is 2.23. The van der Waals surface area contributed by atoms with Gasteiger partial charge in [0.25, 0.3) is 5.91 Å². The summed E-state index contributed by atoms with van der Waals surface area (Å²) in [6.45, 7) is 1.55. The number of aromatic amines is 1. The molecular formula is C15H20N6O. The Morgan fingerprint density at radius 3 is 3.09 bits per heavy atom. The lowest BCUT2D eigenvalue weighted by Gasteiger charge is -2.32. The molecule has 1 fully saturated rings. The van der Waals surface area contributed by atoms with Crippen LogP contribution in [-0.2, 0) is 6.42 Å². The lowest BCUT2D eigenvalue weighted by Crippen LogP contribution is -2.40. The van der Waals surface area contributed by atoms with Crippen molar-refractivity contribution in [2.24, 2.45) is 5.92 Å². The number of likely N-dealkylation sites (tertiary alicyclic amines) is 1. The molecule has 3 rings (SSSR count). The number of hydrogen-bond acceptors (Lipinski definition) is 5. The zero-order valence-electron chi connectivity index (χ0n) is 12.6. The fraction of sp³-hybridized carbons (Fsp3) is 0.467. The van der Waals surface area contributed by atoms with Gasteiger partial charge in [-0.2, -0.15) is 0 Å². The molecule has 0 saturated carbocycles. The van der Waals surface area contributed by atoms with E-state index in [1.807, 2.05) is 11.9 Å². The van der Waals surface area contributed by atoms with Gasteiger partial charge in [0.05, 0.1) is 18.2 Å². The molecule has 1 amide bonds. The van der Waals surface area contributed by atoms with E-state index in [4.69, 9.17) is 0 Å². The smallest absolute Gasteiger partial charge is 0.271 e. The molecule has 2 aromatic rings. The van der Waals surface area contributed by atoms with Crippen LogP contribution in [0.4, 0.5) is 5.82 Å². The van der Waals surface area contributed by atoms with Crippen molar-refractivity contribution in [3.8, 4) is 0 Å². The van der Waals surface area contributed by atoms with Gasteiger partial charge in [-0.25, -0.2) is 9.97 Å². The molecule has 3 heterocycles. The molecule has 1 saturated heterocycles. The topological polar surface area (TPSA) is 86.8 Å². The molecule has 0 bridgehead atoms. The van der Waals surface area contributed by atoms with Crippen molar-refractivity contribution in [1.82, 2.24) is 24.8 Å². The average Bonchev–Trinajstić information content (AvgIpc) is 3.09. The minimum Gasteiger partial charge on any atom is -0.372 e. The van der Waals surface area contributed by atoms with Gasteiger partial charge in [-0.1, -0.05) is 0 Å². The first kappa shape index (κ1) is 14.5. The van der Waals surface area contributed by atoms with Crippen LogP contribution in [0, 0.1) is 5.92 Å². The van der Waals surface area contributed by atoms with Gasteiger partial charge >= 0.3 is 0 Å². The largest absolute Gasteiger partial charge is 0.372 e. The SMILES string of the molecule is CNc1nccnc1C[C@@H]1CCCN(C(=O)c2cnc[nH]2)C1. The molecule has 0 spiro atoms. The van der Waals surface area contributed by atoms with Crippen molar-refractivity contribution in [3.63, 3.8) is 0 Å². The van der Waals surface area contributed by atoms with Gasteiger partial charge in [0, 0.05) is 32.5 Å². The Hall–Kier alpha value is -2.44. The molecule has 2 aromatic heterocycles. The summed E-state index contributed by atoms with van der Waals surface area (Å²) < 4.78 is 0. The first-order chi connectivity index (χ1) is 10.8. The summed E-state index contributed by atoms with van der Waals surface area (Å²) in [5.41, 5.74) is 1.52. The van der Waals surface area contributed by atoms with E-state index in [-0.39, 0.29) is 5.91 Å². The van der Waals surface area contributed by atoms with Crippen molar-refractivity contribution >= 4 is 11.7 Å². The minimum atomic E-state index is 0.0233. The van der Waals surface area contributed by atoms with E-state index in [9.17, 15) is 4.79 Å².